The average molecular weight is 328 g/mol. The monoisotopic (exact) mass is 327 g/mol. The molecule has 1 atom stereocenters. The van der Waals surface area contributed by atoms with Crippen LogP contribution < -0.4 is 4.74 Å². The van der Waals surface area contributed by atoms with Crippen molar-refractivity contribution in [2.75, 3.05) is 12.4 Å². The summed E-state index contributed by atoms with van der Waals surface area (Å²) in [7, 11) is 1.80. The molecule has 0 bridgehead atoms. The summed E-state index contributed by atoms with van der Waals surface area (Å²) in [4.78, 5) is 4.28. The lowest BCUT2D eigenvalue weighted by Gasteiger charge is -2.11. The Balaban J connectivity index is 1.82. The first-order valence-corrected chi connectivity index (χ1v) is 9.32. The Morgan fingerprint density at radius 2 is 2.10 bits per heavy atom. The van der Waals surface area contributed by atoms with Gasteiger partial charge in [0, 0.05) is 28.3 Å². The molecule has 6 heteroatoms. The van der Waals surface area contributed by atoms with Gasteiger partial charge in [-0.15, -0.1) is 0 Å². The van der Waals surface area contributed by atoms with Gasteiger partial charge in [0.15, 0.2) is 0 Å². The van der Waals surface area contributed by atoms with Crippen LogP contribution >= 0.6 is 10.7 Å². The zero-order valence-corrected chi connectivity index (χ0v) is 13.4. The topological polar surface area (TPSA) is 56.3 Å². The van der Waals surface area contributed by atoms with Crippen LogP contribution in [0.1, 0.15) is 19.8 Å². The SMILES string of the molecule is CC(CCOc1ccc2cccnc2c1)CCS(=O)(=O)Cl. The Morgan fingerprint density at radius 1 is 1.29 bits per heavy atom. The van der Waals surface area contributed by atoms with E-state index in [-0.39, 0.29) is 11.7 Å². The van der Waals surface area contributed by atoms with Gasteiger partial charge in [0.2, 0.25) is 9.05 Å². The Hall–Kier alpha value is -1.33. The maximum Gasteiger partial charge on any atom is 0.232 e. The van der Waals surface area contributed by atoms with Gasteiger partial charge in [0.05, 0.1) is 17.9 Å². The highest BCUT2D eigenvalue weighted by molar-refractivity contribution is 8.13. The molecule has 0 saturated carbocycles. The first-order valence-electron chi connectivity index (χ1n) is 6.84. The van der Waals surface area contributed by atoms with Gasteiger partial charge in [-0.2, -0.15) is 0 Å². The van der Waals surface area contributed by atoms with Crippen LogP contribution in [0.2, 0.25) is 0 Å². The molecule has 1 aromatic carbocycles. The fraction of sp³-hybridized carbons (Fsp3) is 0.400. The lowest BCUT2D eigenvalue weighted by molar-refractivity contribution is 0.282. The molecule has 2 aromatic rings. The Kier molecular flexibility index (Phi) is 5.42. The van der Waals surface area contributed by atoms with Crippen LogP contribution in [0.15, 0.2) is 36.5 Å². The number of rotatable bonds is 7. The zero-order valence-electron chi connectivity index (χ0n) is 11.8. The van der Waals surface area contributed by atoms with Crippen LogP contribution in [-0.4, -0.2) is 25.8 Å². The van der Waals surface area contributed by atoms with E-state index in [2.05, 4.69) is 4.98 Å². The Morgan fingerprint density at radius 3 is 2.86 bits per heavy atom. The van der Waals surface area contributed by atoms with Gasteiger partial charge in [0.25, 0.3) is 0 Å². The summed E-state index contributed by atoms with van der Waals surface area (Å²) in [5.74, 6) is 1.03. The highest BCUT2D eigenvalue weighted by Crippen LogP contribution is 2.19. The number of halogens is 1. The minimum absolute atomic E-state index is 0.00954. The molecule has 0 aliphatic rings. The normalized spacial score (nSPS) is 13.2. The third-order valence-corrected chi connectivity index (χ3v) is 4.50. The van der Waals surface area contributed by atoms with Crippen LogP contribution in [-0.2, 0) is 9.05 Å². The molecule has 0 saturated heterocycles. The minimum Gasteiger partial charge on any atom is -0.494 e. The molecular formula is C15H18ClNO3S. The first kappa shape index (κ1) is 16.0. The van der Waals surface area contributed by atoms with Crippen LogP contribution in [0.5, 0.6) is 5.75 Å². The fourth-order valence-corrected chi connectivity index (χ4v) is 2.95. The number of pyridine rings is 1. The molecule has 1 unspecified atom stereocenters. The van der Waals surface area contributed by atoms with Gasteiger partial charge in [-0.25, -0.2) is 8.42 Å². The molecule has 0 N–H and O–H groups in total. The van der Waals surface area contributed by atoms with E-state index in [1.807, 2.05) is 37.3 Å². The number of ether oxygens (including phenoxy) is 1. The molecule has 0 amide bonds. The van der Waals surface area contributed by atoms with Gasteiger partial charge in [-0.3, -0.25) is 4.98 Å². The summed E-state index contributed by atoms with van der Waals surface area (Å²) in [6.45, 7) is 2.54. The van der Waals surface area contributed by atoms with Crippen molar-refractivity contribution in [1.82, 2.24) is 4.98 Å². The largest absolute Gasteiger partial charge is 0.494 e. The number of hydrogen-bond donors (Lipinski definition) is 0. The standard InChI is InChI=1S/C15H18ClNO3S/c1-12(7-10-21(16,18)19)6-9-20-14-5-4-13-3-2-8-17-15(13)11-14/h2-5,8,11-12H,6-7,9-10H2,1H3. The van der Waals surface area contributed by atoms with E-state index in [1.165, 1.54) is 0 Å². The van der Waals surface area contributed by atoms with E-state index in [4.69, 9.17) is 15.4 Å². The van der Waals surface area contributed by atoms with Crippen LogP contribution in [0.4, 0.5) is 0 Å². The fourth-order valence-electron chi connectivity index (χ4n) is 2.00. The van der Waals surface area contributed by atoms with E-state index in [0.29, 0.717) is 13.0 Å². The summed E-state index contributed by atoms with van der Waals surface area (Å²) in [6.07, 6.45) is 3.09. The van der Waals surface area contributed by atoms with Gasteiger partial charge in [0.1, 0.15) is 5.75 Å². The predicted molar refractivity (Wildman–Crippen MR) is 85.3 cm³/mol. The van der Waals surface area contributed by atoms with Crippen LogP contribution in [0.3, 0.4) is 0 Å². The minimum atomic E-state index is -3.40. The number of fused-ring (bicyclic) bond motifs is 1. The van der Waals surface area contributed by atoms with Gasteiger partial charge in [-0.1, -0.05) is 13.0 Å². The zero-order chi connectivity index (χ0) is 15.3. The highest BCUT2D eigenvalue weighted by atomic mass is 35.7. The second-order valence-corrected chi connectivity index (χ2v) is 8.03. The molecule has 114 valence electrons. The van der Waals surface area contributed by atoms with E-state index in [0.717, 1.165) is 23.1 Å². The molecule has 0 fully saturated rings. The number of hydrogen-bond acceptors (Lipinski definition) is 4. The molecule has 1 aromatic heterocycles. The summed E-state index contributed by atoms with van der Waals surface area (Å²) in [5.41, 5.74) is 0.899. The molecule has 0 radical (unpaired) electrons. The van der Waals surface area contributed by atoms with Gasteiger partial charge in [-0.05, 0) is 37.0 Å². The molecule has 21 heavy (non-hydrogen) atoms. The first-order chi connectivity index (χ1) is 9.94. The second kappa shape index (κ2) is 7.09. The lowest BCUT2D eigenvalue weighted by Crippen LogP contribution is -2.08. The number of nitrogens with zero attached hydrogens (tertiary/aromatic N) is 1. The van der Waals surface area contributed by atoms with Crippen molar-refractivity contribution in [3.8, 4) is 5.75 Å². The summed E-state index contributed by atoms with van der Waals surface area (Å²) in [5, 5.41) is 1.07. The second-order valence-electron chi connectivity index (χ2n) is 5.13. The molecule has 0 spiro atoms. The molecule has 4 nitrogen and oxygen atoms in total. The Bertz CT molecular complexity index is 703. The van der Waals surface area contributed by atoms with Crippen LogP contribution in [0, 0.1) is 5.92 Å². The summed E-state index contributed by atoms with van der Waals surface area (Å²) >= 11 is 0. The maximum atomic E-state index is 10.9. The smallest absolute Gasteiger partial charge is 0.232 e. The molecule has 2 rings (SSSR count). The van der Waals surface area contributed by atoms with Crippen molar-refractivity contribution in [3.05, 3.63) is 36.5 Å². The predicted octanol–water partition coefficient (Wildman–Crippen LogP) is 3.60. The average Bonchev–Trinajstić information content (AvgIpc) is 2.44. The maximum absolute atomic E-state index is 10.9. The van der Waals surface area contributed by atoms with Crippen molar-refractivity contribution >= 4 is 30.6 Å². The quantitative estimate of drug-likeness (QED) is 0.729. The van der Waals surface area contributed by atoms with Gasteiger partial charge < -0.3 is 4.74 Å². The lowest BCUT2D eigenvalue weighted by atomic mass is 10.1. The third kappa shape index (κ3) is 5.52. The molecule has 1 heterocycles. The summed E-state index contributed by atoms with van der Waals surface area (Å²) < 4.78 is 27.5. The van der Waals surface area contributed by atoms with E-state index in [9.17, 15) is 8.42 Å². The highest BCUT2D eigenvalue weighted by Gasteiger charge is 2.10. The number of aromatic nitrogens is 1. The van der Waals surface area contributed by atoms with E-state index >= 15 is 0 Å². The molecule has 0 aliphatic heterocycles. The van der Waals surface area contributed by atoms with Crippen molar-refractivity contribution in [1.29, 1.82) is 0 Å². The molecule has 0 aliphatic carbocycles. The van der Waals surface area contributed by atoms with Gasteiger partial charge >= 0.3 is 0 Å². The molecular weight excluding hydrogens is 310 g/mol. The van der Waals surface area contributed by atoms with Crippen molar-refractivity contribution in [2.24, 2.45) is 5.92 Å². The van der Waals surface area contributed by atoms with E-state index in [1.54, 1.807) is 6.20 Å². The number of benzene rings is 1. The summed E-state index contributed by atoms with van der Waals surface area (Å²) in [6, 6.07) is 9.69. The van der Waals surface area contributed by atoms with E-state index < -0.39 is 9.05 Å². The van der Waals surface area contributed by atoms with Crippen molar-refractivity contribution in [3.63, 3.8) is 0 Å². The Labute approximate surface area is 129 Å². The van der Waals surface area contributed by atoms with Crippen molar-refractivity contribution < 1.29 is 13.2 Å². The third-order valence-electron chi connectivity index (χ3n) is 3.31. The van der Waals surface area contributed by atoms with Crippen LogP contribution in [0.25, 0.3) is 10.9 Å². The van der Waals surface area contributed by atoms with Crippen molar-refractivity contribution in [2.45, 2.75) is 19.8 Å².